The van der Waals surface area contributed by atoms with Crippen LogP contribution in [0.1, 0.15) is 24.1 Å². The molecule has 0 bridgehead atoms. The highest BCUT2D eigenvalue weighted by molar-refractivity contribution is 6.35. The Morgan fingerprint density at radius 3 is 2.24 bits per heavy atom. The van der Waals surface area contributed by atoms with Crippen LogP contribution in [-0.2, 0) is 0 Å². The van der Waals surface area contributed by atoms with E-state index in [-0.39, 0.29) is 6.04 Å². The summed E-state index contributed by atoms with van der Waals surface area (Å²) in [6, 6.07) is 22.9. The molecule has 0 saturated carbocycles. The van der Waals surface area contributed by atoms with Crippen LogP contribution in [0.2, 0.25) is 10.0 Å². The molecule has 0 heterocycles. The largest absolute Gasteiger partial charge is 0.457 e. The van der Waals surface area contributed by atoms with Crippen molar-refractivity contribution >= 4 is 29.4 Å². The molecule has 3 aromatic rings. The lowest BCUT2D eigenvalue weighted by molar-refractivity contribution is 0.482. The van der Waals surface area contributed by atoms with E-state index in [4.69, 9.17) is 27.9 Å². The maximum absolute atomic E-state index is 6.23. The summed E-state index contributed by atoms with van der Waals surface area (Å²) in [6.07, 6.45) is 1.84. The molecule has 1 atom stereocenters. The van der Waals surface area contributed by atoms with Gasteiger partial charge in [-0.3, -0.25) is 4.99 Å². The van der Waals surface area contributed by atoms with Crippen molar-refractivity contribution in [3.8, 4) is 11.5 Å². The molecule has 0 aliphatic heterocycles. The van der Waals surface area contributed by atoms with Crippen LogP contribution in [0.3, 0.4) is 0 Å². The average Bonchev–Trinajstić information content (AvgIpc) is 2.62. The summed E-state index contributed by atoms with van der Waals surface area (Å²) >= 11 is 12.2. The lowest BCUT2D eigenvalue weighted by Gasteiger charge is -2.09. The van der Waals surface area contributed by atoms with E-state index in [1.807, 2.05) is 79.9 Å². The molecule has 0 fully saturated rings. The van der Waals surface area contributed by atoms with E-state index in [0.717, 1.165) is 22.6 Å². The fourth-order valence-corrected chi connectivity index (χ4v) is 2.93. The molecule has 3 aromatic carbocycles. The first-order chi connectivity index (χ1) is 12.1. The van der Waals surface area contributed by atoms with E-state index in [1.165, 1.54) is 0 Å². The molecular weight excluding hydrogens is 353 g/mol. The predicted molar refractivity (Wildman–Crippen MR) is 105 cm³/mol. The van der Waals surface area contributed by atoms with E-state index in [2.05, 4.69) is 4.99 Å². The summed E-state index contributed by atoms with van der Waals surface area (Å²) < 4.78 is 5.78. The van der Waals surface area contributed by atoms with E-state index >= 15 is 0 Å². The summed E-state index contributed by atoms with van der Waals surface area (Å²) in [5.74, 6) is 1.60. The van der Waals surface area contributed by atoms with Crippen molar-refractivity contribution < 1.29 is 4.74 Å². The number of para-hydroxylation sites is 1. The Morgan fingerprint density at radius 2 is 1.56 bits per heavy atom. The van der Waals surface area contributed by atoms with E-state index < -0.39 is 0 Å². The second-order valence-corrected chi connectivity index (χ2v) is 6.45. The Morgan fingerprint density at radius 1 is 0.880 bits per heavy atom. The number of nitrogens with zero attached hydrogens (tertiary/aromatic N) is 1. The molecule has 0 saturated heterocycles. The molecular formula is C21H17Cl2NO. The summed E-state index contributed by atoms with van der Waals surface area (Å²) in [4.78, 5) is 4.58. The molecule has 1 unspecified atom stereocenters. The fraction of sp³-hybridized carbons (Fsp3) is 0.0952. The Bertz CT molecular complexity index is 861. The van der Waals surface area contributed by atoms with Gasteiger partial charge in [-0.05, 0) is 66.6 Å². The van der Waals surface area contributed by atoms with Crippen LogP contribution in [0.15, 0.2) is 77.8 Å². The van der Waals surface area contributed by atoms with Crippen molar-refractivity contribution in [3.63, 3.8) is 0 Å². The third-order valence-corrected chi connectivity index (χ3v) is 4.28. The van der Waals surface area contributed by atoms with Crippen LogP contribution in [0.4, 0.5) is 0 Å². The summed E-state index contributed by atoms with van der Waals surface area (Å²) in [7, 11) is 0. The van der Waals surface area contributed by atoms with Gasteiger partial charge in [0, 0.05) is 16.3 Å². The van der Waals surface area contributed by atoms with Crippen LogP contribution in [0.25, 0.3) is 0 Å². The molecule has 3 rings (SSSR count). The van der Waals surface area contributed by atoms with Crippen LogP contribution in [-0.4, -0.2) is 6.21 Å². The lowest BCUT2D eigenvalue weighted by atomic mass is 10.1. The highest BCUT2D eigenvalue weighted by Crippen LogP contribution is 2.28. The highest BCUT2D eigenvalue weighted by atomic mass is 35.5. The molecule has 126 valence electrons. The van der Waals surface area contributed by atoms with Gasteiger partial charge in [0.05, 0.1) is 6.04 Å². The second-order valence-electron chi connectivity index (χ2n) is 5.60. The zero-order valence-corrected chi connectivity index (χ0v) is 15.2. The Labute approximate surface area is 157 Å². The van der Waals surface area contributed by atoms with Crippen molar-refractivity contribution in [2.24, 2.45) is 4.99 Å². The molecule has 0 amide bonds. The Hall–Kier alpha value is -2.29. The SMILES string of the molecule is CC(/N=C/c1ccc(Oc2ccccc2)cc1)c1ccc(Cl)cc1Cl. The fourth-order valence-electron chi connectivity index (χ4n) is 2.37. The zero-order chi connectivity index (χ0) is 17.6. The van der Waals surface area contributed by atoms with Crippen LogP contribution in [0.5, 0.6) is 11.5 Å². The van der Waals surface area contributed by atoms with Gasteiger partial charge in [-0.2, -0.15) is 0 Å². The van der Waals surface area contributed by atoms with Gasteiger partial charge in [-0.25, -0.2) is 0 Å². The monoisotopic (exact) mass is 369 g/mol. The molecule has 0 aliphatic rings. The summed E-state index contributed by atoms with van der Waals surface area (Å²) in [5.41, 5.74) is 1.95. The van der Waals surface area contributed by atoms with Gasteiger partial charge < -0.3 is 4.74 Å². The number of halogens is 2. The quantitative estimate of drug-likeness (QED) is 0.445. The third kappa shape index (κ3) is 4.85. The van der Waals surface area contributed by atoms with Gasteiger partial charge >= 0.3 is 0 Å². The van der Waals surface area contributed by atoms with Gasteiger partial charge in [0.2, 0.25) is 0 Å². The van der Waals surface area contributed by atoms with Gasteiger partial charge in [-0.1, -0.05) is 47.5 Å². The topological polar surface area (TPSA) is 21.6 Å². The molecule has 0 aromatic heterocycles. The zero-order valence-electron chi connectivity index (χ0n) is 13.7. The number of aliphatic imine (C=N–C) groups is 1. The minimum absolute atomic E-state index is 0.0509. The van der Waals surface area contributed by atoms with Gasteiger partial charge in [-0.15, -0.1) is 0 Å². The highest BCUT2D eigenvalue weighted by Gasteiger charge is 2.08. The molecule has 0 spiro atoms. The predicted octanol–water partition coefficient (Wildman–Crippen LogP) is 6.97. The maximum atomic E-state index is 6.23. The normalized spacial score (nSPS) is 12.3. The molecule has 4 heteroatoms. The smallest absolute Gasteiger partial charge is 0.127 e. The molecule has 25 heavy (non-hydrogen) atoms. The lowest BCUT2D eigenvalue weighted by Crippen LogP contribution is -1.93. The minimum Gasteiger partial charge on any atom is -0.457 e. The Kier molecular flexibility index (Phi) is 5.75. The van der Waals surface area contributed by atoms with Crippen LogP contribution >= 0.6 is 23.2 Å². The number of benzene rings is 3. The molecule has 2 nitrogen and oxygen atoms in total. The molecule has 0 aliphatic carbocycles. The number of hydrogen-bond donors (Lipinski definition) is 0. The maximum Gasteiger partial charge on any atom is 0.127 e. The summed E-state index contributed by atoms with van der Waals surface area (Å²) in [5, 5.41) is 1.25. The van der Waals surface area contributed by atoms with E-state index in [9.17, 15) is 0 Å². The van der Waals surface area contributed by atoms with E-state index in [0.29, 0.717) is 10.0 Å². The van der Waals surface area contributed by atoms with Crippen molar-refractivity contribution in [1.29, 1.82) is 0 Å². The first-order valence-corrected chi connectivity index (χ1v) is 8.68. The van der Waals surface area contributed by atoms with Crippen LogP contribution in [0, 0.1) is 0 Å². The Balaban J connectivity index is 1.67. The average molecular weight is 370 g/mol. The number of ether oxygens (including phenoxy) is 1. The molecule has 0 N–H and O–H groups in total. The third-order valence-electron chi connectivity index (χ3n) is 3.72. The van der Waals surface area contributed by atoms with Crippen molar-refractivity contribution in [3.05, 3.63) is 94.0 Å². The van der Waals surface area contributed by atoms with Crippen LogP contribution < -0.4 is 4.74 Å². The van der Waals surface area contributed by atoms with Gasteiger partial charge in [0.1, 0.15) is 11.5 Å². The molecule has 0 radical (unpaired) electrons. The number of hydrogen-bond acceptors (Lipinski definition) is 2. The van der Waals surface area contributed by atoms with E-state index in [1.54, 1.807) is 6.07 Å². The first-order valence-electron chi connectivity index (χ1n) is 7.93. The van der Waals surface area contributed by atoms with Crippen molar-refractivity contribution in [1.82, 2.24) is 0 Å². The second kappa shape index (κ2) is 8.19. The summed E-state index contributed by atoms with van der Waals surface area (Å²) in [6.45, 7) is 2.00. The standard InChI is InChI=1S/C21H17Cl2NO/c1-15(20-12-9-17(22)13-21(20)23)24-14-16-7-10-19(11-8-16)25-18-5-3-2-4-6-18/h2-15H,1H3/b24-14+. The van der Waals surface area contributed by atoms with Gasteiger partial charge in [0.15, 0.2) is 0 Å². The van der Waals surface area contributed by atoms with Gasteiger partial charge in [0.25, 0.3) is 0 Å². The van der Waals surface area contributed by atoms with Crippen molar-refractivity contribution in [2.75, 3.05) is 0 Å². The van der Waals surface area contributed by atoms with Crippen molar-refractivity contribution in [2.45, 2.75) is 13.0 Å². The number of rotatable bonds is 5. The minimum atomic E-state index is -0.0509. The first kappa shape index (κ1) is 17.5.